The average Bonchev–Trinajstić information content (AvgIpc) is 2.70. The number of nitrogens with one attached hydrogen (secondary N) is 2. The molecule has 1 aromatic heterocycles. The number of carbonyl (C=O) groups excluding carboxylic acids is 2. The van der Waals surface area contributed by atoms with E-state index in [1.54, 1.807) is 30.3 Å². The van der Waals surface area contributed by atoms with Gasteiger partial charge < -0.3 is 15.4 Å². The van der Waals surface area contributed by atoms with Crippen molar-refractivity contribution < 1.29 is 14.3 Å². The van der Waals surface area contributed by atoms with Gasteiger partial charge in [-0.15, -0.1) is 10.2 Å². The van der Waals surface area contributed by atoms with Gasteiger partial charge in [0.25, 0.3) is 5.91 Å². The number of amides is 1. The lowest BCUT2D eigenvalue weighted by atomic mass is 9.95. The van der Waals surface area contributed by atoms with E-state index in [1.807, 2.05) is 0 Å². The van der Waals surface area contributed by atoms with Gasteiger partial charge in [0.05, 0.1) is 23.4 Å². The minimum atomic E-state index is -0.462. The smallest absolute Gasteiger partial charge is 0.337 e. The van der Waals surface area contributed by atoms with Gasteiger partial charge in [0.15, 0.2) is 11.5 Å². The molecular weight excluding hydrogens is 368 g/mol. The predicted molar refractivity (Wildman–Crippen MR) is 102 cm³/mol. The van der Waals surface area contributed by atoms with Crippen LogP contribution in [0, 0.1) is 0 Å². The van der Waals surface area contributed by atoms with Crippen molar-refractivity contribution in [2.24, 2.45) is 0 Å². The maximum atomic E-state index is 12.3. The fraction of sp³-hybridized carbons (Fsp3) is 0.368. The number of nitrogens with zero attached hydrogens (tertiary/aromatic N) is 2. The lowest BCUT2D eigenvalue weighted by molar-refractivity contribution is 0.0600. The van der Waals surface area contributed by atoms with E-state index < -0.39 is 5.97 Å². The highest BCUT2D eigenvalue weighted by Gasteiger charge is 2.18. The Balaban J connectivity index is 1.67. The van der Waals surface area contributed by atoms with Gasteiger partial charge in [-0.25, -0.2) is 4.79 Å². The van der Waals surface area contributed by atoms with Crippen molar-refractivity contribution in [3.05, 3.63) is 46.6 Å². The molecule has 1 heterocycles. The van der Waals surface area contributed by atoms with E-state index in [2.05, 4.69) is 20.8 Å². The van der Waals surface area contributed by atoms with Crippen LogP contribution in [0.1, 0.15) is 53.0 Å². The summed E-state index contributed by atoms with van der Waals surface area (Å²) < 4.78 is 4.70. The average molecular weight is 389 g/mol. The van der Waals surface area contributed by atoms with Gasteiger partial charge in [-0.1, -0.05) is 30.9 Å². The fourth-order valence-electron chi connectivity index (χ4n) is 3.03. The zero-order chi connectivity index (χ0) is 19.2. The molecule has 1 aliphatic rings. The SMILES string of the molecule is COC(=O)c1ccc(Cl)c(Nc2ccc(C(=O)NC3CCCCC3)nn2)c1. The molecule has 8 heteroatoms. The second-order valence-electron chi connectivity index (χ2n) is 6.42. The molecule has 7 nitrogen and oxygen atoms in total. The molecule has 0 spiro atoms. The van der Waals surface area contributed by atoms with Crippen LogP contribution in [-0.4, -0.2) is 35.2 Å². The van der Waals surface area contributed by atoms with Gasteiger partial charge in [0.1, 0.15) is 0 Å². The molecule has 0 radical (unpaired) electrons. The van der Waals surface area contributed by atoms with Crippen molar-refractivity contribution in [1.29, 1.82) is 0 Å². The van der Waals surface area contributed by atoms with E-state index in [4.69, 9.17) is 16.3 Å². The molecule has 3 rings (SSSR count). The predicted octanol–water partition coefficient (Wildman–Crippen LogP) is 3.72. The van der Waals surface area contributed by atoms with Crippen LogP contribution >= 0.6 is 11.6 Å². The van der Waals surface area contributed by atoms with Gasteiger partial charge in [0.2, 0.25) is 0 Å². The molecule has 27 heavy (non-hydrogen) atoms. The van der Waals surface area contributed by atoms with Crippen molar-refractivity contribution in [3.8, 4) is 0 Å². The molecule has 1 amide bonds. The number of benzene rings is 1. The van der Waals surface area contributed by atoms with Gasteiger partial charge in [0, 0.05) is 6.04 Å². The molecular formula is C19H21ClN4O3. The Morgan fingerprint density at radius 3 is 2.56 bits per heavy atom. The third-order valence-electron chi connectivity index (χ3n) is 4.49. The number of esters is 1. The summed E-state index contributed by atoms with van der Waals surface area (Å²) in [5.74, 6) is -0.268. The number of hydrogen-bond donors (Lipinski definition) is 2. The molecule has 0 atom stereocenters. The van der Waals surface area contributed by atoms with Crippen molar-refractivity contribution in [1.82, 2.24) is 15.5 Å². The van der Waals surface area contributed by atoms with E-state index in [0.717, 1.165) is 25.7 Å². The largest absolute Gasteiger partial charge is 0.465 e. The molecule has 0 bridgehead atoms. The van der Waals surface area contributed by atoms with Crippen LogP contribution in [0.3, 0.4) is 0 Å². The summed E-state index contributed by atoms with van der Waals surface area (Å²) in [7, 11) is 1.31. The minimum Gasteiger partial charge on any atom is -0.465 e. The van der Waals surface area contributed by atoms with Crippen LogP contribution < -0.4 is 10.6 Å². The summed E-state index contributed by atoms with van der Waals surface area (Å²) in [6, 6.07) is 8.19. The van der Waals surface area contributed by atoms with Crippen LogP contribution in [0.15, 0.2) is 30.3 Å². The summed E-state index contributed by atoms with van der Waals surface area (Å²) in [5, 5.41) is 14.4. The number of hydrogen-bond acceptors (Lipinski definition) is 6. The highest BCUT2D eigenvalue weighted by molar-refractivity contribution is 6.33. The monoisotopic (exact) mass is 388 g/mol. The van der Waals surface area contributed by atoms with Crippen molar-refractivity contribution in [2.45, 2.75) is 38.1 Å². The van der Waals surface area contributed by atoms with Crippen molar-refractivity contribution >= 4 is 35.0 Å². The van der Waals surface area contributed by atoms with Gasteiger partial charge in [-0.3, -0.25) is 4.79 Å². The Hall–Kier alpha value is -2.67. The number of methoxy groups -OCH3 is 1. The molecule has 1 saturated carbocycles. The zero-order valence-electron chi connectivity index (χ0n) is 15.0. The molecule has 0 unspecified atom stereocenters. The molecule has 2 N–H and O–H groups in total. The molecule has 1 aliphatic carbocycles. The zero-order valence-corrected chi connectivity index (χ0v) is 15.8. The third kappa shape index (κ3) is 4.95. The van der Waals surface area contributed by atoms with Crippen LogP contribution in [-0.2, 0) is 4.74 Å². The fourth-order valence-corrected chi connectivity index (χ4v) is 3.19. The Bertz CT molecular complexity index is 820. The van der Waals surface area contributed by atoms with Gasteiger partial charge in [-0.2, -0.15) is 0 Å². The summed E-state index contributed by atoms with van der Waals surface area (Å²) in [6.07, 6.45) is 5.53. The van der Waals surface area contributed by atoms with Crippen molar-refractivity contribution in [2.75, 3.05) is 12.4 Å². The van der Waals surface area contributed by atoms with Crippen molar-refractivity contribution in [3.63, 3.8) is 0 Å². The van der Waals surface area contributed by atoms with Gasteiger partial charge >= 0.3 is 5.97 Å². The highest BCUT2D eigenvalue weighted by atomic mass is 35.5. The number of halogens is 1. The Morgan fingerprint density at radius 1 is 1.11 bits per heavy atom. The van der Waals surface area contributed by atoms with Crippen LogP contribution in [0.5, 0.6) is 0 Å². The van der Waals surface area contributed by atoms with E-state index in [0.29, 0.717) is 22.1 Å². The second-order valence-corrected chi connectivity index (χ2v) is 6.83. The Labute approximate surface area is 162 Å². The summed E-state index contributed by atoms with van der Waals surface area (Å²) in [5.41, 5.74) is 1.12. The number of rotatable bonds is 5. The maximum Gasteiger partial charge on any atom is 0.337 e. The topological polar surface area (TPSA) is 93.2 Å². The molecule has 1 fully saturated rings. The lowest BCUT2D eigenvalue weighted by Crippen LogP contribution is -2.36. The highest BCUT2D eigenvalue weighted by Crippen LogP contribution is 2.26. The van der Waals surface area contributed by atoms with E-state index in [1.165, 1.54) is 13.5 Å². The molecule has 142 valence electrons. The molecule has 0 aliphatic heterocycles. The quantitative estimate of drug-likeness (QED) is 0.758. The van der Waals surface area contributed by atoms with E-state index in [-0.39, 0.29) is 17.6 Å². The van der Waals surface area contributed by atoms with Crippen LogP contribution in [0.2, 0.25) is 5.02 Å². The third-order valence-corrected chi connectivity index (χ3v) is 4.82. The second kappa shape index (κ2) is 8.81. The first-order chi connectivity index (χ1) is 13.1. The van der Waals surface area contributed by atoms with E-state index >= 15 is 0 Å². The Morgan fingerprint density at radius 2 is 1.89 bits per heavy atom. The van der Waals surface area contributed by atoms with Crippen LogP contribution in [0.25, 0.3) is 0 Å². The Kier molecular flexibility index (Phi) is 6.24. The first kappa shape index (κ1) is 19.1. The first-order valence-corrected chi connectivity index (χ1v) is 9.24. The van der Waals surface area contributed by atoms with Crippen LogP contribution in [0.4, 0.5) is 11.5 Å². The number of anilines is 2. The lowest BCUT2D eigenvalue weighted by Gasteiger charge is -2.22. The van der Waals surface area contributed by atoms with Gasteiger partial charge in [-0.05, 0) is 43.2 Å². The maximum absolute atomic E-state index is 12.3. The number of aromatic nitrogens is 2. The van der Waals surface area contributed by atoms with E-state index in [9.17, 15) is 9.59 Å². The first-order valence-electron chi connectivity index (χ1n) is 8.86. The number of carbonyl (C=O) groups is 2. The normalized spacial score (nSPS) is 14.4. The minimum absolute atomic E-state index is 0.214. The summed E-state index contributed by atoms with van der Waals surface area (Å²) in [4.78, 5) is 23.9. The summed E-state index contributed by atoms with van der Waals surface area (Å²) >= 11 is 6.16. The molecule has 2 aromatic rings. The standard InChI is InChI=1S/C19H21ClN4O3/c1-27-19(26)12-7-8-14(20)16(11-12)22-17-10-9-15(23-24-17)18(25)21-13-5-3-2-4-6-13/h7-11,13H,2-6H2,1H3,(H,21,25)(H,22,24). The summed E-state index contributed by atoms with van der Waals surface area (Å²) in [6.45, 7) is 0. The number of ether oxygens (including phenoxy) is 1. The molecule has 0 saturated heterocycles. The molecule has 1 aromatic carbocycles.